The number of Topliss-reactive ketones (excluding diaryl/α,β-unsaturated/α-hetero) is 2. The molecule has 2 unspecified atom stereocenters. The molecule has 4 aliphatic carbocycles. The maximum Gasteiger partial charge on any atom is 0.343 e. The van der Waals surface area contributed by atoms with E-state index in [2.05, 4.69) is 15.4 Å². The second kappa shape index (κ2) is 58.7. The van der Waals surface area contributed by atoms with Gasteiger partial charge in [-0.25, -0.2) is 22.8 Å². The van der Waals surface area contributed by atoms with Crippen LogP contribution in [0.5, 0.6) is 23.0 Å². The number of aliphatic carboxylic acids is 4. The SMILES string of the molecule is CC(C)(C)OC(=O)C1CCC(C[C@H](N)C(=O)O)CC1.CC(C)(C)OC(=O)C1CCC(C[C@H](N)C(=O)O)CC1.CC(C)(C)OC(=O)c1ccc(C[C@H](N)C(=O)O)cc1.CC(C)Oc1ccc(C(=O)Oc2c(F)c(F)c(F)c(F)c2F)cc1Cl.CCC(=O)C(CC1CCC(C(=O)O)CC1)NC(=O)c1ccc(OC(C)C)c(Cl)c1.CCC(=O)C(CC1CCC(C(=O)OC(C)(C)C)CC1)NC(=O)c1ccc(OC(C)C)c(Cl)c1. The molecule has 0 aliphatic heterocycles. The predicted molar refractivity (Wildman–Crippen MR) is 534 cm³/mol. The molecule has 9 rings (SSSR count). The smallest absolute Gasteiger partial charge is 0.343 e. The van der Waals surface area contributed by atoms with Gasteiger partial charge in [-0.2, -0.15) is 8.78 Å². The first-order chi connectivity index (χ1) is 66.8. The first kappa shape index (κ1) is 126. The van der Waals surface area contributed by atoms with Crippen LogP contribution in [0.25, 0.3) is 0 Å². The van der Waals surface area contributed by atoms with Crippen LogP contribution in [0.3, 0.4) is 0 Å². The molecule has 5 aromatic carbocycles. The molecule has 0 bridgehead atoms. The lowest BCUT2D eigenvalue weighted by atomic mass is 9.78. The van der Waals surface area contributed by atoms with Gasteiger partial charge in [0.15, 0.2) is 11.6 Å². The van der Waals surface area contributed by atoms with Crippen molar-refractivity contribution >= 4 is 112 Å². The van der Waals surface area contributed by atoms with Crippen LogP contribution in [0.1, 0.15) is 327 Å². The molecule has 12 N–H and O–H groups in total. The summed E-state index contributed by atoms with van der Waals surface area (Å²) in [5.41, 5.74) is 16.3. The maximum absolute atomic E-state index is 13.5. The molecule has 5 atom stereocenters. The lowest BCUT2D eigenvalue weighted by Crippen LogP contribution is -2.42. The molecule has 2 amide bonds. The molecule has 802 valence electrons. The fraction of sp³-hybridized carbons (Fsp3) is 0.594. The highest BCUT2D eigenvalue weighted by molar-refractivity contribution is 6.33. The molecule has 0 saturated heterocycles. The monoisotopic (exact) mass is 2090 g/mol. The van der Waals surface area contributed by atoms with Crippen LogP contribution < -0.4 is 46.8 Å². The zero-order valence-corrected chi connectivity index (χ0v) is 88.4. The minimum absolute atomic E-state index is 0.000520. The Hall–Kier alpha value is -10.6. The number of benzene rings is 5. The van der Waals surface area contributed by atoms with Crippen LogP contribution in [0.15, 0.2) is 78.9 Å². The van der Waals surface area contributed by atoms with Gasteiger partial charge in [0.1, 0.15) is 57.8 Å². The van der Waals surface area contributed by atoms with Crippen LogP contribution in [0, 0.1) is 76.4 Å². The summed E-state index contributed by atoms with van der Waals surface area (Å²) in [7, 11) is 0. The van der Waals surface area contributed by atoms with Crippen molar-refractivity contribution in [1.82, 2.24) is 10.6 Å². The highest BCUT2D eigenvalue weighted by Gasteiger charge is 2.38. The largest absolute Gasteiger partial charge is 0.489 e. The molecular formula is C106H147Cl3F5N5O25. The number of carboxylic acid groups (broad SMARTS) is 4. The first-order valence-electron chi connectivity index (χ1n) is 48.8. The average molecular weight is 2090 g/mol. The first-order valence-corrected chi connectivity index (χ1v) is 49.9. The molecular weight excluding hydrogens is 1940 g/mol. The third kappa shape index (κ3) is 45.2. The molecule has 30 nitrogen and oxygen atoms in total. The fourth-order valence-electron chi connectivity index (χ4n) is 16.0. The van der Waals surface area contributed by atoms with Gasteiger partial charge in [0.25, 0.3) is 11.8 Å². The number of hydrogen-bond donors (Lipinski definition) is 9. The second-order valence-corrected chi connectivity index (χ2v) is 42.6. The van der Waals surface area contributed by atoms with Crippen molar-refractivity contribution in [3.05, 3.63) is 151 Å². The van der Waals surface area contributed by atoms with E-state index in [9.17, 15) is 84.3 Å². The van der Waals surface area contributed by atoms with E-state index in [1.807, 2.05) is 90.0 Å². The third-order valence-corrected chi connectivity index (χ3v) is 24.2. The van der Waals surface area contributed by atoms with Gasteiger partial charge in [-0.05, 0) is 355 Å². The number of halogens is 8. The van der Waals surface area contributed by atoms with Crippen LogP contribution in [-0.4, -0.2) is 168 Å². The van der Waals surface area contributed by atoms with E-state index in [1.54, 1.807) is 109 Å². The Morgan fingerprint density at radius 3 is 0.903 bits per heavy atom. The van der Waals surface area contributed by atoms with Crippen molar-refractivity contribution in [1.29, 1.82) is 0 Å². The minimum atomic E-state index is -2.35. The highest BCUT2D eigenvalue weighted by Crippen LogP contribution is 2.40. The summed E-state index contributed by atoms with van der Waals surface area (Å²) in [5.74, 6) is -17.6. The predicted octanol–water partition coefficient (Wildman–Crippen LogP) is 20.7. The quantitative estimate of drug-likeness (QED) is 0.00461. The molecule has 4 fully saturated rings. The molecule has 0 heterocycles. The van der Waals surface area contributed by atoms with Crippen LogP contribution in [0.2, 0.25) is 15.1 Å². The van der Waals surface area contributed by atoms with Crippen LogP contribution in [0.4, 0.5) is 22.0 Å². The zero-order chi connectivity index (χ0) is 109. The molecule has 4 aliphatic rings. The molecule has 38 heteroatoms. The van der Waals surface area contributed by atoms with E-state index in [1.165, 1.54) is 6.07 Å². The molecule has 144 heavy (non-hydrogen) atoms. The number of ether oxygens (including phenoxy) is 8. The number of ketones is 2. The van der Waals surface area contributed by atoms with Crippen LogP contribution in [-0.2, 0) is 68.5 Å². The highest BCUT2D eigenvalue weighted by atomic mass is 35.5. The number of amides is 2. The van der Waals surface area contributed by atoms with Gasteiger partial charge in [0.2, 0.25) is 34.8 Å². The number of hydrogen-bond acceptors (Lipinski definition) is 24. The average Bonchev–Trinajstić information content (AvgIpc) is 0.787. The van der Waals surface area contributed by atoms with Crippen molar-refractivity contribution < 1.29 is 143 Å². The van der Waals surface area contributed by atoms with E-state index in [4.69, 9.17) is 106 Å². The lowest BCUT2D eigenvalue weighted by Gasteiger charge is -2.31. The number of esters is 5. The van der Waals surface area contributed by atoms with E-state index >= 15 is 0 Å². The lowest BCUT2D eigenvalue weighted by molar-refractivity contribution is -0.162. The van der Waals surface area contributed by atoms with Crippen LogP contribution >= 0.6 is 34.8 Å². The van der Waals surface area contributed by atoms with Gasteiger partial charge in [0.05, 0.1) is 80.3 Å². The van der Waals surface area contributed by atoms with Gasteiger partial charge in [0, 0.05) is 24.0 Å². The second-order valence-electron chi connectivity index (χ2n) is 41.4. The zero-order valence-electron chi connectivity index (χ0n) is 86.1. The Morgan fingerprint density at radius 1 is 0.361 bits per heavy atom. The van der Waals surface area contributed by atoms with Gasteiger partial charge in [-0.15, -0.1) is 0 Å². The molecule has 4 saturated carbocycles. The van der Waals surface area contributed by atoms with Gasteiger partial charge < -0.3 is 86.2 Å². The van der Waals surface area contributed by atoms with Crippen molar-refractivity contribution in [3.8, 4) is 23.0 Å². The summed E-state index contributed by atoms with van der Waals surface area (Å²) in [6, 6.07) is 16.2. The topological polar surface area (TPSA) is 479 Å². The summed E-state index contributed by atoms with van der Waals surface area (Å²) in [6.07, 6.45) is 15.1. The summed E-state index contributed by atoms with van der Waals surface area (Å²) in [5, 5.41) is 41.9. The molecule has 0 aromatic heterocycles. The Balaban J connectivity index is 0.000000365. The van der Waals surface area contributed by atoms with Gasteiger partial charge in [-0.3, -0.25) is 52.7 Å². The number of carboxylic acids is 4. The molecule has 0 spiro atoms. The molecule has 0 radical (unpaired) electrons. The summed E-state index contributed by atoms with van der Waals surface area (Å²) < 4.78 is 109. The molecule has 5 aromatic rings. The van der Waals surface area contributed by atoms with Crippen molar-refractivity contribution in [2.75, 3.05) is 0 Å². The third-order valence-electron chi connectivity index (χ3n) is 23.4. The number of carbonyl (C=O) groups excluding carboxylic acids is 9. The van der Waals surface area contributed by atoms with E-state index in [0.29, 0.717) is 101 Å². The van der Waals surface area contributed by atoms with E-state index in [0.717, 1.165) is 108 Å². The van der Waals surface area contributed by atoms with Gasteiger partial charge in [-0.1, -0.05) is 60.8 Å². The number of carbonyl (C=O) groups is 13. The maximum atomic E-state index is 13.5. The van der Waals surface area contributed by atoms with Crippen molar-refractivity contribution in [3.63, 3.8) is 0 Å². The standard InChI is InChI=1S/C26H38ClNO5.C22H30ClNO5.C16H10ClF5O3.2C14H25NO4.C14H19NO4/c1-7-22(29)21(14-17-8-10-18(11-9-17)25(31)33-26(4,5)6)28-24(30)19-12-13-23(20(27)15-19)32-16(2)3;1-4-19(25)18(11-14-5-7-15(8-6-14)22(27)28)24-21(26)16-9-10-20(17(23)12-16)29-13(2)3;1-6(2)24-9-4-3-7(5-8(9)17)16(23)25-15-13(21)11(19)10(18)12(20)14(15)22;3*1-14(2,3)19-13(18)10-6-4-9(5-7-10)8-11(15)12(16)17/h12-13,15-18,21H,7-11,14H2,1-6H3,(H,28,30);9-10,12-15,18H,4-8,11H2,1-3H3,(H,24,26)(H,27,28);3-6H,1-2H3;2*9-11H,4-8,15H2,1-3H3,(H,16,17);4-7,11H,8,15H2,1-3H3,(H,16,17)/t;;;2*9?,10?,11-;11-/m...000/s1. The van der Waals surface area contributed by atoms with E-state index < -0.39 is 123 Å². The summed E-state index contributed by atoms with van der Waals surface area (Å²) in [4.78, 5) is 154. The van der Waals surface area contributed by atoms with E-state index in [-0.39, 0.29) is 118 Å². The Kier molecular flexibility index (Phi) is 51.2. The Bertz CT molecular complexity index is 5030. The van der Waals surface area contributed by atoms with Crippen molar-refractivity contribution in [2.24, 2.45) is 64.5 Å². The Labute approximate surface area is 855 Å². The van der Waals surface area contributed by atoms with Gasteiger partial charge >= 0.3 is 53.7 Å². The van der Waals surface area contributed by atoms with Crippen molar-refractivity contribution in [2.45, 2.75) is 357 Å². The normalized spacial score (nSPS) is 18.9. The summed E-state index contributed by atoms with van der Waals surface area (Å²) in [6.45, 7) is 36.8. The summed E-state index contributed by atoms with van der Waals surface area (Å²) >= 11 is 18.4. The fourth-order valence-corrected chi connectivity index (χ4v) is 16.7. The number of nitrogens with one attached hydrogen (secondary N) is 2. The minimum Gasteiger partial charge on any atom is -0.489 e. The number of nitrogens with two attached hydrogens (primary N) is 3. The number of rotatable bonds is 34. The Morgan fingerprint density at radius 2 is 0.632 bits per heavy atom.